The highest BCUT2D eigenvalue weighted by molar-refractivity contribution is 7.95. The Morgan fingerprint density at radius 1 is 1.03 bits per heavy atom. The maximum Gasteiger partial charge on any atom is 0.283 e. The molecular formula is C24H17ClN4O2S. The third-order valence-corrected chi connectivity index (χ3v) is 6.74. The van der Waals surface area contributed by atoms with E-state index in [2.05, 4.69) is 14.8 Å². The van der Waals surface area contributed by atoms with E-state index < -0.39 is 9.84 Å². The van der Waals surface area contributed by atoms with E-state index in [1.165, 1.54) is 18.2 Å². The Morgan fingerprint density at radius 2 is 1.78 bits per heavy atom. The van der Waals surface area contributed by atoms with Gasteiger partial charge in [-0.25, -0.2) is 18.2 Å². The van der Waals surface area contributed by atoms with Gasteiger partial charge in [0.05, 0.1) is 23.5 Å². The number of aromatic nitrogens is 3. The van der Waals surface area contributed by atoms with Crippen molar-refractivity contribution in [1.29, 1.82) is 0 Å². The van der Waals surface area contributed by atoms with E-state index in [-0.39, 0.29) is 9.92 Å². The minimum Gasteiger partial charge on any atom is -0.332 e. The van der Waals surface area contributed by atoms with Crippen LogP contribution in [0.25, 0.3) is 22.3 Å². The van der Waals surface area contributed by atoms with Gasteiger partial charge in [-0.1, -0.05) is 48.0 Å². The number of sulfone groups is 1. The number of benzene rings is 2. The van der Waals surface area contributed by atoms with Gasteiger partial charge in [0.1, 0.15) is 5.69 Å². The zero-order valence-corrected chi connectivity index (χ0v) is 18.3. The van der Waals surface area contributed by atoms with E-state index in [4.69, 9.17) is 18.2 Å². The topological polar surface area (TPSA) is 69.2 Å². The van der Waals surface area contributed by atoms with Gasteiger partial charge in [-0.15, -0.1) is 0 Å². The first-order valence-electron chi connectivity index (χ1n) is 9.58. The molecule has 0 amide bonds. The standard InChI is InChI=1S/C24H17ClN4O2S/c1-26-24(32(30,31)20-8-3-2-4-9-20)14-18-11-12-27-22(13-18)23-16-29(17-28-23)15-19-7-5-6-10-21(19)25/h2-14,16-17H,15H2/b24-14+. The van der Waals surface area contributed by atoms with Crippen LogP contribution in [-0.2, 0) is 16.4 Å². The SMILES string of the molecule is [C-]#[N+]/C(=C\c1ccnc(-c2cn(Cc3ccccc3Cl)cn2)c1)S(=O)(=O)c1ccccc1. The summed E-state index contributed by atoms with van der Waals surface area (Å²) >= 11 is 6.24. The van der Waals surface area contributed by atoms with Crippen LogP contribution in [0.5, 0.6) is 0 Å². The summed E-state index contributed by atoms with van der Waals surface area (Å²) in [5.41, 5.74) is 2.71. The number of pyridine rings is 1. The van der Waals surface area contributed by atoms with Crippen LogP contribution in [0.1, 0.15) is 11.1 Å². The molecule has 2 heterocycles. The Balaban J connectivity index is 1.62. The van der Waals surface area contributed by atoms with E-state index in [0.717, 1.165) is 5.56 Å². The van der Waals surface area contributed by atoms with Gasteiger partial charge in [-0.05, 0) is 47.5 Å². The van der Waals surface area contributed by atoms with E-state index in [1.807, 2.05) is 35.0 Å². The van der Waals surface area contributed by atoms with Gasteiger partial charge in [0.15, 0.2) is 0 Å². The van der Waals surface area contributed by atoms with Gasteiger partial charge < -0.3 is 4.57 Å². The molecule has 0 unspecified atom stereocenters. The summed E-state index contributed by atoms with van der Waals surface area (Å²) in [7, 11) is -3.91. The first-order valence-corrected chi connectivity index (χ1v) is 11.4. The second-order valence-electron chi connectivity index (χ2n) is 6.91. The molecule has 0 N–H and O–H groups in total. The number of rotatable bonds is 6. The van der Waals surface area contributed by atoms with Crippen molar-refractivity contribution in [3.05, 3.63) is 118 Å². The molecule has 0 bridgehead atoms. The summed E-state index contributed by atoms with van der Waals surface area (Å²) in [5.74, 6) is 0. The minimum atomic E-state index is -3.91. The average molecular weight is 461 g/mol. The molecule has 2 aromatic carbocycles. The Labute approximate surface area is 191 Å². The third kappa shape index (κ3) is 4.62. The van der Waals surface area contributed by atoms with Crippen LogP contribution in [0.4, 0.5) is 0 Å². The molecule has 0 aliphatic rings. The number of nitrogens with zero attached hydrogens (tertiary/aromatic N) is 4. The van der Waals surface area contributed by atoms with E-state index in [1.54, 1.807) is 42.9 Å². The predicted octanol–water partition coefficient (Wildman–Crippen LogP) is 5.34. The Kier molecular flexibility index (Phi) is 6.17. The fraction of sp³-hybridized carbons (Fsp3) is 0.0417. The van der Waals surface area contributed by atoms with Crippen LogP contribution in [0.3, 0.4) is 0 Å². The summed E-state index contributed by atoms with van der Waals surface area (Å²) in [5, 5.41) is 0.324. The van der Waals surface area contributed by atoms with Gasteiger partial charge in [0.25, 0.3) is 5.03 Å². The molecule has 4 aromatic rings. The summed E-state index contributed by atoms with van der Waals surface area (Å²) in [4.78, 5) is 12.1. The first-order chi connectivity index (χ1) is 15.5. The molecule has 2 aromatic heterocycles. The summed E-state index contributed by atoms with van der Waals surface area (Å²) in [6.07, 6.45) is 6.44. The summed E-state index contributed by atoms with van der Waals surface area (Å²) in [6, 6.07) is 18.9. The average Bonchev–Trinajstić information content (AvgIpc) is 3.28. The molecule has 6 nitrogen and oxygen atoms in total. The van der Waals surface area contributed by atoms with Gasteiger partial charge in [0.2, 0.25) is 9.84 Å². The smallest absolute Gasteiger partial charge is 0.283 e. The lowest BCUT2D eigenvalue weighted by Crippen LogP contribution is -2.02. The Bertz CT molecular complexity index is 1440. The number of hydrogen-bond acceptors (Lipinski definition) is 4. The molecule has 0 spiro atoms. The molecule has 0 saturated heterocycles. The van der Waals surface area contributed by atoms with Crippen LogP contribution in [0.15, 0.2) is 95.4 Å². The fourth-order valence-electron chi connectivity index (χ4n) is 3.11. The summed E-state index contributed by atoms with van der Waals surface area (Å²) in [6.45, 7) is 7.95. The number of imidazole rings is 1. The fourth-order valence-corrected chi connectivity index (χ4v) is 4.48. The zero-order chi connectivity index (χ0) is 22.6. The maximum absolute atomic E-state index is 12.8. The highest BCUT2D eigenvalue weighted by Crippen LogP contribution is 2.24. The molecule has 8 heteroatoms. The molecule has 0 radical (unpaired) electrons. The van der Waals surface area contributed by atoms with Crippen molar-refractivity contribution in [3.8, 4) is 11.4 Å². The van der Waals surface area contributed by atoms with Gasteiger partial charge in [0, 0.05) is 24.0 Å². The van der Waals surface area contributed by atoms with Gasteiger partial charge in [-0.2, -0.15) is 0 Å². The second kappa shape index (κ2) is 9.18. The first kappa shape index (κ1) is 21.5. The lowest BCUT2D eigenvalue weighted by molar-refractivity contribution is 0.603. The van der Waals surface area contributed by atoms with Crippen LogP contribution in [-0.4, -0.2) is 23.0 Å². The molecule has 0 aliphatic heterocycles. The van der Waals surface area contributed by atoms with Crippen molar-refractivity contribution in [1.82, 2.24) is 14.5 Å². The van der Waals surface area contributed by atoms with E-state index >= 15 is 0 Å². The van der Waals surface area contributed by atoms with Crippen LogP contribution in [0.2, 0.25) is 5.02 Å². The molecule has 158 valence electrons. The molecule has 0 fully saturated rings. The normalized spacial score (nSPS) is 11.8. The van der Waals surface area contributed by atoms with E-state index in [0.29, 0.717) is 28.5 Å². The summed E-state index contributed by atoms with van der Waals surface area (Å²) < 4.78 is 27.5. The monoisotopic (exact) mass is 460 g/mol. The Hall–Kier alpha value is -3.73. The van der Waals surface area contributed by atoms with Crippen molar-refractivity contribution in [3.63, 3.8) is 0 Å². The molecule has 0 aliphatic carbocycles. The second-order valence-corrected chi connectivity index (χ2v) is 9.21. The van der Waals surface area contributed by atoms with Gasteiger partial charge in [-0.3, -0.25) is 4.98 Å². The van der Waals surface area contributed by atoms with Crippen molar-refractivity contribution >= 4 is 27.5 Å². The Morgan fingerprint density at radius 3 is 2.53 bits per heavy atom. The third-order valence-electron chi connectivity index (χ3n) is 4.72. The van der Waals surface area contributed by atoms with Crippen LogP contribution >= 0.6 is 11.6 Å². The number of hydrogen-bond donors (Lipinski definition) is 0. The lowest BCUT2D eigenvalue weighted by atomic mass is 10.2. The van der Waals surface area contributed by atoms with Crippen molar-refractivity contribution in [2.45, 2.75) is 11.4 Å². The predicted molar refractivity (Wildman–Crippen MR) is 124 cm³/mol. The molecule has 0 atom stereocenters. The van der Waals surface area contributed by atoms with Crippen molar-refractivity contribution in [2.24, 2.45) is 0 Å². The quantitative estimate of drug-likeness (QED) is 0.364. The maximum atomic E-state index is 12.8. The zero-order valence-electron chi connectivity index (χ0n) is 16.8. The highest BCUT2D eigenvalue weighted by Gasteiger charge is 2.21. The van der Waals surface area contributed by atoms with Gasteiger partial charge >= 0.3 is 0 Å². The molecule has 4 rings (SSSR count). The molecule has 32 heavy (non-hydrogen) atoms. The molecular weight excluding hydrogens is 444 g/mol. The lowest BCUT2D eigenvalue weighted by Gasteiger charge is -2.04. The van der Waals surface area contributed by atoms with Crippen molar-refractivity contribution < 1.29 is 8.42 Å². The molecule has 0 saturated carbocycles. The van der Waals surface area contributed by atoms with E-state index in [9.17, 15) is 8.42 Å². The van der Waals surface area contributed by atoms with Crippen LogP contribution < -0.4 is 0 Å². The van der Waals surface area contributed by atoms with Crippen LogP contribution in [0, 0.1) is 6.57 Å². The minimum absolute atomic E-state index is 0.0786. The van der Waals surface area contributed by atoms with Crippen molar-refractivity contribution in [2.75, 3.05) is 0 Å². The highest BCUT2D eigenvalue weighted by atomic mass is 35.5. The number of halogens is 1. The largest absolute Gasteiger partial charge is 0.332 e.